The number of fused-ring (bicyclic) bond motifs is 1. The quantitative estimate of drug-likeness (QED) is 0.317. The van der Waals surface area contributed by atoms with Crippen molar-refractivity contribution < 1.29 is 18.7 Å². The molecule has 33 heavy (non-hydrogen) atoms. The Balaban J connectivity index is 1.52. The van der Waals surface area contributed by atoms with Crippen LogP contribution >= 0.6 is 23.2 Å². The van der Waals surface area contributed by atoms with Crippen LogP contribution in [0.3, 0.4) is 0 Å². The van der Waals surface area contributed by atoms with Gasteiger partial charge in [-0.15, -0.1) is 11.6 Å². The predicted molar refractivity (Wildman–Crippen MR) is 126 cm³/mol. The standard InChI is InChI=1S/C22H17Cl2N5O4/c1-25-21(31)18-10-14(6-7-26-18)32-13-3-5-19-17(9-13)29-22(33-19)27-12-2-4-15(24)16(8-12)28-20(30)11-23/h2-10H,11H2,1H3,(H,25,31)(H,27,29)(H,28,30). The molecule has 2 aromatic heterocycles. The molecule has 3 N–H and O–H groups in total. The van der Waals surface area contributed by atoms with Gasteiger partial charge < -0.3 is 25.1 Å². The highest BCUT2D eigenvalue weighted by molar-refractivity contribution is 6.34. The van der Waals surface area contributed by atoms with Gasteiger partial charge in [-0.1, -0.05) is 11.6 Å². The molecule has 168 valence electrons. The molecule has 0 saturated carbocycles. The molecule has 0 saturated heterocycles. The fraction of sp³-hybridized carbons (Fsp3) is 0.0909. The van der Waals surface area contributed by atoms with Gasteiger partial charge in [0.2, 0.25) is 5.91 Å². The summed E-state index contributed by atoms with van der Waals surface area (Å²) >= 11 is 11.7. The third-order valence-corrected chi connectivity index (χ3v) is 4.97. The van der Waals surface area contributed by atoms with Gasteiger partial charge in [0, 0.05) is 31.1 Å². The zero-order valence-electron chi connectivity index (χ0n) is 17.2. The van der Waals surface area contributed by atoms with E-state index >= 15 is 0 Å². The minimum atomic E-state index is -0.373. The third-order valence-electron chi connectivity index (χ3n) is 4.40. The molecule has 4 aromatic rings. The van der Waals surface area contributed by atoms with Crippen molar-refractivity contribution >= 4 is 63.5 Å². The number of nitrogens with one attached hydrogen (secondary N) is 3. The van der Waals surface area contributed by atoms with Crippen molar-refractivity contribution in [1.29, 1.82) is 0 Å². The van der Waals surface area contributed by atoms with E-state index in [9.17, 15) is 9.59 Å². The second kappa shape index (κ2) is 9.76. The highest BCUT2D eigenvalue weighted by Gasteiger charge is 2.11. The van der Waals surface area contributed by atoms with Crippen LogP contribution in [-0.4, -0.2) is 34.7 Å². The molecule has 0 aliphatic heterocycles. The number of amides is 2. The van der Waals surface area contributed by atoms with Crippen LogP contribution in [-0.2, 0) is 4.79 Å². The topological polar surface area (TPSA) is 118 Å². The van der Waals surface area contributed by atoms with Crippen LogP contribution in [0.25, 0.3) is 11.1 Å². The van der Waals surface area contributed by atoms with E-state index in [1.54, 1.807) is 48.5 Å². The molecule has 0 aliphatic rings. The lowest BCUT2D eigenvalue weighted by atomic mass is 10.2. The van der Waals surface area contributed by atoms with Gasteiger partial charge >= 0.3 is 0 Å². The number of hydrogen-bond acceptors (Lipinski definition) is 7. The number of pyridine rings is 1. The zero-order chi connectivity index (χ0) is 23.4. The molecular formula is C22H17Cl2N5O4. The summed E-state index contributed by atoms with van der Waals surface area (Å²) in [5, 5.41) is 8.54. The van der Waals surface area contributed by atoms with Crippen molar-refractivity contribution in [1.82, 2.24) is 15.3 Å². The van der Waals surface area contributed by atoms with Crippen molar-refractivity contribution in [2.45, 2.75) is 0 Å². The maximum Gasteiger partial charge on any atom is 0.300 e. The van der Waals surface area contributed by atoms with E-state index in [0.717, 1.165) is 0 Å². The Labute approximate surface area is 198 Å². The first-order chi connectivity index (χ1) is 15.9. The average molecular weight is 486 g/mol. The van der Waals surface area contributed by atoms with Gasteiger partial charge in [-0.2, -0.15) is 4.98 Å². The molecule has 2 aromatic carbocycles. The van der Waals surface area contributed by atoms with E-state index in [1.165, 1.54) is 13.2 Å². The lowest BCUT2D eigenvalue weighted by Crippen LogP contribution is -2.18. The third kappa shape index (κ3) is 5.33. The highest BCUT2D eigenvalue weighted by Crippen LogP contribution is 2.30. The first kappa shape index (κ1) is 22.4. The molecule has 0 atom stereocenters. The van der Waals surface area contributed by atoms with Crippen LogP contribution in [0.5, 0.6) is 11.5 Å². The van der Waals surface area contributed by atoms with Crippen LogP contribution < -0.4 is 20.7 Å². The van der Waals surface area contributed by atoms with E-state index in [1.807, 2.05) is 0 Å². The summed E-state index contributed by atoms with van der Waals surface area (Å²) in [6.07, 6.45) is 1.49. The lowest BCUT2D eigenvalue weighted by molar-refractivity contribution is -0.113. The predicted octanol–water partition coefficient (Wildman–Crippen LogP) is 4.95. The van der Waals surface area contributed by atoms with Crippen LogP contribution in [0.2, 0.25) is 5.02 Å². The van der Waals surface area contributed by atoms with Crippen molar-refractivity contribution in [2.24, 2.45) is 0 Å². The summed E-state index contributed by atoms with van der Waals surface area (Å²) in [5.74, 6) is 0.0970. The van der Waals surface area contributed by atoms with Crippen LogP contribution in [0, 0.1) is 0 Å². The number of hydrogen-bond donors (Lipinski definition) is 3. The summed E-state index contributed by atoms with van der Waals surface area (Å²) in [6.45, 7) is 0. The molecule has 0 fully saturated rings. The molecule has 9 nitrogen and oxygen atoms in total. The molecule has 0 bridgehead atoms. The lowest BCUT2D eigenvalue weighted by Gasteiger charge is -2.08. The average Bonchev–Trinajstić information content (AvgIpc) is 3.22. The molecule has 2 amide bonds. The number of rotatable bonds is 7. The summed E-state index contributed by atoms with van der Waals surface area (Å²) in [4.78, 5) is 31.8. The Kier molecular flexibility index (Phi) is 6.62. The highest BCUT2D eigenvalue weighted by atomic mass is 35.5. The fourth-order valence-corrected chi connectivity index (χ4v) is 3.12. The maximum atomic E-state index is 11.8. The largest absolute Gasteiger partial charge is 0.457 e. The van der Waals surface area contributed by atoms with Crippen molar-refractivity contribution in [3.8, 4) is 11.5 Å². The Morgan fingerprint density at radius 2 is 1.91 bits per heavy atom. The van der Waals surface area contributed by atoms with Crippen LogP contribution in [0.15, 0.2) is 59.1 Å². The number of alkyl halides is 1. The molecule has 11 heteroatoms. The SMILES string of the molecule is CNC(=O)c1cc(Oc2ccc3oc(Nc4ccc(Cl)c(NC(=O)CCl)c4)nc3c2)ccn1. The second-order valence-electron chi connectivity index (χ2n) is 6.71. The number of oxazole rings is 1. The zero-order valence-corrected chi connectivity index (χ0v) is 18.7. The maximum absolute atomic E-state index is 11.8. The van der Waals surface area contributed by atoms with Crippen LogP contribution in [0.1, 0.15) is 10.5 Å². The minimum Gasteiger partial charge on any atom is -0.457 e. The van der Waals surface area contributed by atoms with E-state index in [-0.39, 0.29) is 29.4 Å². The van der Waals surface area contributed by atoms with Crippen molar-refractivity contribution in [3.63, 3.8) is 0 Å². The molecule has 0 aliphatic carbocycles. The number of carbonyl (C=O) groups is 2. The smallest absolute Gasteiger partial charge is 0.300 e. The number of ether oxygens (including phenoxy) is 1. The summed E-state index contributed by atoms with van der Waals surface area (Å²) in [6, 6.07) is 13.6. The van der Waals surface area contributed by atoms with Gasteiger partial charge in [0.1, 0.15) is 28.6 Å². The Bertz CT molecular complexity index is 1340. The molecule has 2 heterocycles. The van der Waals surface area contributed by atoms with E-state index < -0.39 is 0 Å². The van der Waals surface area contributed by atoms with Gasteiger partial charge in [-0.3, -0.25) is 14.6 Å². The Morgan fingerprint density at radius 3 is 2.70 bits per heavy atom. The first-order valence-electron chi connectivity index (χ1n) is 9.64. The molecule has 4 rings (SSSR count). The summed E-state index contributed by atoms with van der Waals surface area (Å²) in [5.41, 5.74) is 2.35. The van der Waals surface area contributed by atoms with Crippen LogP contribution in [0.4, 0.5) is 17.4 Å². The van der Waals surface area contributed by atoms with E-state index in [0.29, 0.717) is 39.0 Å². The number of anilines is 3. The van der Waals surface area contributed by atoms with Gasteiger partial charge in [-0.25, -0.2) is 0 Å². The number of aromatic nitrogens is 2. The number of carbonyl (C=O) groups excluding carboxylic acids is 2. The fourth-order valence-electron chi connectivity index (χ4n) is 2.89. The van der Waals surface area contributed by atoms with Gasteiger partial charge in [0.15, 0.2) is 5.58 Å². The monoisotopic (exact) mass is 485 g/mol. The Hall–Kier alpha value is -3.82. The second-order valence-corrected chi connectivity index (χ2v) is 7.38. The summed E-state index contributed by atoms with van der Waals surface area (Å²) < 4.78 is 11.6. The van der Waals surface area contributed by atoms with Crippen molar-refractivity contribution in [3.05, 3.63) is 65.4 Å². The van der Waals surface area contributed by atoms with Gasteiger partial charge in [-0.05, 0) is 36.4 Å². The van der Waals surface area contributed by atoms with Gasteiger partial charge in [0.25, 0.3) is 11.9 Å². The van der Waals surface area contributed by atoms with E-state index in [4.69, 9.17) is 32.4 Å². The minimum absolute atomic E-state index is 0.184. The van der Waals surface area contributed by atoms with E-state index in [2.05, 4.69) is 25.9 Å². The number of halogens is 2. The van der Waals surface area contributed by atoms with Gasteiger partial charge in [0.05, 0.1) is 10.7 Å². The first-order valence-corrected chi connectivity index (χ1v) is 10.6. The molecule has 0 radical (unpaired) electrons. The molecule has 0 unspecified atom stereocenters. The summed E-state index contributed by atoms with van der Waals surface area (Å²) in [7, 11) is 1.53. The Morgan fingerprint density at radius 1 is 1.09 bits per heavy atom. The van der Waals surface area contributed by atoms with Crippen molar-refractivity contribution in [2.75, 3.05) is 23.6 Å². The molecular weight excluding hydrogens is 469 g/mol. The number of nitrogens with zero attached hydrogens (tertiary/aromatic N) is 2. The number of benzene rings is 2. The molecule has 0 spiro atoms. The normalized spacial score (nSPS) is 10.6.